The molecule has 2 amide bonds. The van der Waals surface area contributed by atoms with Gasteiger partial charge in [-0.2, -0.15) is 4.31 Å². The molecule has 2 aromatic rings. The van der Waals surface area contributed by atoms with Gasteiger partial charge in [0.25, 0.3) is 5.91 Å². The van der Waals surface area contributed by atoms with Crippen LogP contribution >= 0.6 is 0 Å². The average Bonchev–Trinajstić information content (AvgIpc) is 3.22. The molecule has 174 valence electrons. The normalized spacial score (nSPS) is 18.7. The molecule has 0 radical (unpaired) electrons. The van der Waals surface area contributed by atoms with Crippen LogP contribution in [0.4, 0.5) is 5.69 Å². The lowest BCUT2D eigenvalue weighted by Crippen LogP contribution is -2.50. The van der Waals surface area contributed by atoms with Crippen LogP contribution in [-0.4, -0.2) is 74.7 Å². The van der Waals surface area contributed by atoms with Crippen LogP contribution in [0.1, 0.15) is 22.8 Å². The average molecular weight is 472 g/mol. The molecule has 1 fully saturated rings. The lowest BCUT2D eigenvalue weighted by Gasteiger charge is -2.33. The maximum absolute atomic E-state index is 13.5. The zero-order valence-electron chi connectivity index (χ0n) is 18.4. The second-order valence-corrected chi connectivity index (χ2v) is 9.92. The first-order chi connectivity index (χ1) is 15.7. The number of anilines is 1. The fourth-order valence-electron chi connectivity index (χ4n) is 4.28. The Hall–Kier alpha value is -3.24. The van der Waals surface area contributed by atoms with Gasteiger partial charge in [0.1, 0.15) is 6.04 Å². The monoisotopic (exact) mass is 471 g/mol. The Morgan fingerprint density at radius 2 is 1.67 bits per heavy atom. The van der Waals surface area contributed by atoms with Crippen molar-refractivity contribution >= 4 is 33.5 Å². The number of carbonyl (C=O) groups is 3. The molecule has 0 N–H and O–H groups in total. The number of amides is 2. The van der Waals surface area contributed by atoms with Gasteiger partial charge in [0.15, 0.2) is 0 Å². The van der Waals surface area contributed by atoms with Crippen molar-refractivity contribution < 1.29 is 27.5 Å². The van der Waals surface area contributed by atoms with Gasteiger partial charge >= 0.3 is 5.97 Å². The summed E-state index contributed by atoms with van der Waals surface area (Å²) in [6.07, 6.45) is 0.326. The van der Waals surface area contributed by atoms with Crippen molar-refractivity contribution in [1.29, 1.82) is 0 Å². The Morgan fingerprint density at radius 1 is 0.970 bits per heavy atom. The van der Waals surface area contributed by atoms with E-state index in [4.69, 9.17) is 4.74 Å². The summed E-state index contributed by atoms with van der Waals surface area (Å²) in [5, 5.41) is 0. The van der Waals surface area contributed by atoms with Gasteiger partial charge < -0.3 is 9.64 Å². The molecule has 0 aromatic heterocycles. The molecule has 10 heteroatoms. The first-order valence-corrected chi connectivity index (χ1v) is 12.0. The number of piperazine rings is 1. The van der Waals surface area contributed by atoms with Crippen molar-refractivity contribution in [3.63, 3.8) is 0 Å². The van der Waals surface area contributed by atoms with Crippen LogP contribution in [0.2, 0.25) is 0 Å². The van der Waals surface area contributed by atoms with E-state index in [1.807, 2.05) is 12.1 Å². The van der Waals surface area contributed by atoms with Gasteiger partial charge in [-0.3, -0.25) is 14.5 Å². The number of esters is 1. The number of fused-ring (bicyclic) bond motifs is 1. The number of methoxy groups -OCH3 is 1. The number of hydrogen-bond donors (Lipinski definition) is 0. The number of ether oxygens (including phenoxy) is 1. The zero-order chi connectivity index (χ0) is 23.8. The quantitative estimate of drug-likeness (QED) is 0.623. The lowest BCUT2D eigenvalue weighted by atomic mass is 10.1. The van der Waals surface area contributed by atoms with Crippen LogP contribution in [0.3, 0.4) is 0 Å². The van der Waals surface area contributed by atoms with Gasteiger partial charge in [-0.25, -0.2) is 13.2 Å². The molecule has 1 saturated heterocycles. The summed E-state index contributed by atoms with van der Waals surface area (Å²) >= 11 is 0. The van der Waals surface area contributed by atoms with E-state index in [0.29, 0.717) is 25.2 Å². The van der Waals surface area contributed by atoms with Crippen LogP contribution < -0.4 is 4.90 Å². The molecule has 0 bridgehead atoms. The number of para-hydroxylation sites is 1. The second kappa shape index (κ2) is 8.95. The number of nitrogens with zero attached hydrogens (tertiary/aromatic N) is 3. The van der Waals surface area contributed by atoms with Gasteiger partial charge in [-0.05, 0) is 29.8 Å². The van der Waals surface area contributed by atoms with Crippen LogP contribution in [0.25, 0.3) is 0 Å². The van der Waals surface area contributed by atoms with Gasteiger partial charge in [-0.1, -0.05) is 24.3 Å². The molecule has 2 aliphatic heterocycles. The highest BCUT2D eigenvalue weighted by Gasteiger charge is 2.39. The van der Waals surface area contributed by atoms with Crippen LogP contribution in [0.5, 0.6) is 0 Å². The largest absolute Gasteiger partial charge is 0.467 e. The smallest absolute Gasteiger partial charge is 0.329 e. The molecule has 1 atom stereocenters. The van der Waals surface area contributed by atoms with E-state index >= 15 is 0 Å². The van der Waals surface area contributed by atoms with Gasteiger partial charge in [0.05, 0.1) is 12.0 Å². The molecule has 2 heterocycles. The Labute approximate surface area is 192 Å². The van der Waals surface area contributed by atoms with Crippen molar-refractivity contribution in [3.05, 3.63) is 59.7 Å². The van der Waals surface area contributed by atoms with E-state index in [2.05, 4.69) is 0 Å². The summed E-state index contributed by atoms with van der Waals surface area (Å²) < 4.78 is 32.6. The van der Waals surface area contributed by atoms with Crippen molar-refractivity contribution in [1.82, 2.24) is 9.21 Å². The van der Waals surface area contributed by atoms with E-state index in [0.717, 1.165) is 5.56 Å². The van der Waals surface area contributed by atoms with Crippen molar-refractivity contribution in [2.45, 2.75) is 24.3 Å². The van der Waals surface area contributed by atoms with Crippen LogP contribution in [0.15, 0.2) is 53.4 Å². The molecule has 2 aliphatic rings. The molecule has 9 nitrogen and oxygen atoms in total. The predicted molar refractivity (Wildman–Crippen MR) is 120 cm³/mol. The summed E-state index contributed by atoms with van der Waals surface area (Å²) in [5.74, 6) is -1.11. The van der Waals surface area contributed by atoms with E-state index in [1.165, 1.54) is 47.5 Å². The number of benzene rings is 2. The Bertz CT molecular complexity index is 1200. The summed E-state index contributed by atoms with van der Waals surface area (Å²) in [7, 11) is -2.58. The molecule has 0 aliphatic carbocycles. The van der Waals surface area contributed by atoms with Crippen LogP contribution in [0, 0.1) is 0 Å². The van der Waals surface area contributed by atoms with Crippen LogP contribution in [-0.2, 0) is 30.8 Å². The second-order valence-electron chi connectivity index (χ2n) is 7.98. The molecular weight excluding hydrogens is 446 g/mol. The number of carbonyl (C=O) groups excluding carboxylic acids is 3. The third-order valence-corrected chi connectivity index (χ3v) is 7.97. The van der Waals surface area contributed by atoms with E-state index in [9.17, 15) is 22.8 Å². The number of hydrogen-bond acceptors (Lipinski definition) is 6. The minimum Gasteiger partial charge on any atom is -0.467 e. The third-order valence-electron chi connectivity index (χ3n) is 6.07. The first kappa shape index (κ1) is 22.9. The van der Waals surface area contributed by atoms with Gasteiger partial charge in [0.2, 0.25) is 15.9 Å². The molecule has 4 rings (SSSR count). The summed E-state index contributed by atoms with van der Waals surface area (Å²) in [6.45, 7) is 2.46. The van der Waals surface area contributed by atoms with E-state index in [1.54, 1.807) is 17.0 Å². The molecular formula is C23H25N3O6S. The predicted octanol–water partition coefficient (Wildman–Crippen LogP) is 1.28. The fourth-order valence-corrected chi connectivity index (χ4v) is 5.75. The standard InChI is InChI=1S/C23H25N3O6S/c1-16(27)24-10-12-25(13-11-24)33(30,31)19-8-5-7-18(14-19)22(28)26-20-9-4-3-6-17(20)15-21(26)23(29)32-2/h3-9,14,21H,10-13,15H2,1-2H3. The maximum Gasteiger partial charge on any atom is 0.329 e. The van der Waals surface area contributed by atoms with Gasteiger partial charge in [-0.15, -0.1) is 0 Å². The highest BCUT2D eigenvalue weighted by molar-refractivity contribution is 7.89. The van der Waals surface area contributed by atoms with Gasteiger partial charge in [0, 0.05) is 50.8 Å². The van der Waals surface area contributed by atoms with Crippen molar-refractivity contribution in [2.24, 2.45) is 0 Å². The number of sulfonamides is 1. The summed E-state index contributed by atoms with van der Waals surface area (Å²) in [5.41, 5.74) is 1.60. The summed E-state index contributed by atoms with van der Waals surface area (Å²) in [4.78, 5) is 40.4. The Balaban J connectivity index is 1.63. The minimum atomic E-state index is -3.85. The maximum atomic E-state index is 13.5. The SMILES string of the molecule is COC(=O)C1Cc2ccccc2N1C(=O)c1cccc(S(=O)(=O)N2CCN(C(C)=O)CC2)c1. The first-order valence-electron chi connectivity index (χ1n) is 10.6. The molecule has 0 saturated carbocycles. The Kier molecular flexibility index (Phi) is 6.22. The molecule has 0 spiro atoms. The Morgan fingerprint density at radius 3 is 2.33 bits per heavy atom. The molecule has 2 aromatic carbocycles. The highest BCUT2D eigenvalue weighted by Crippen LogP contribution is 2.34. The molecule has 1 unspecified atom stereocenters. The zero-order valence-corrected chi connectivity index (χ0v) is 19.2. The molecule has 33 heavy (non-hydrogen) atoms. The van der Waals surface area contributed by atoms with E-state index in [-0.39, 0.29) is 29.5 Å². The van der Waals surface area contributed by atoms with Crippen molar-refractivity contribution in [3.8, 4) is 0 Å². The summed E-state index contributed by atoms with van der Waals surface area (Å²) in [6, 6.07) is 12.2. The van der Waals surface area contributed by atoms with Crippen molar-refractivity contribution in [2.75, 3.05) is 38.2 Å². The number of rotatable bonds is 4. The highest BCUT2D eigenvalue weighted by atomic mass is 32.2. The minimum absolute atomic E-state index is 0.00766. The fraction of sp³-hybridized carbons (Fsp3) is 0.348. The van der Waals surface area contributed by atoms with E-state index < -0.39 is 27.9 Å². The topological polar surface area (TPSA) is 104 Å². The third kappa shape index (κ3) is 4.23. The lowest BCUT2D eigenvalue weighted by molar-refractivity contribution is -0.141.